The second-order valence-corrected chi connectivity index (χ2v) is 5.08. The molecule has 1 rings (SSSR count). The Morgan fingerprint density at radius 1 is 1.56 bits per heavy atom. The molecular formula is C7H3ClF2N2O3S. The summed E-state index contributed by atoms with van der Waals surface area (Å²) >= 11 is 0. The lowest BCUT2D eigenvalue weighted by molar-refractivity contribution is 0.150. The number of hydrogen-bond acceptors (Lipinski definition) is 5. The van der Waals surface area contributed by atoms with E-state index in [1.54, 1.807) is 0 Å². The van der Waals surface area contributed by atoms with Crippen LogP contribution >= 0.6 is 10.7 Å². The minimum Gasteiger partial charge on any atom is -0.505 e. The summed E-state index contributed by atoms with van der Waals surface area (Å²) in [6.45, 7) is 0. The van der Waals surface area contributed by atoms with E-state index < -0.39 is 37.5 Å². The predicted molar refractivity (Wildman–Crippen MR) is 48.6 cm³/mol. The molecule has 9 heteroatoms. The van der Waals surface area contributed by atoms with Crippen LogP contribution in [0.15, 0.2) is 11.1 Å². The largest absolute Gasteiger partial charge is 0.505 e. The summed E-state index contributed by atoms with van der Waals surface area (Å²) in [6.07, 6.45) is -3.06. The Kier molecular flexibility index (Phi) is 3.30. The smallest absolute Gasteiger partial charge is 0.282 e. The molecule has 0 amide bonds. The Labute approximate surface area is 93.3 Å². The lowest BCUT2D eigenvalue weighted by Gasteiger charge is -2.05. The van der Waals surface area contributed by atoms with Crippen LogP contribution < -0.4 is 0 Å². The molecule has 0 aromatic carbocycles. The highest BCUT2D eigenvalue weighted by Crippen LogP contribution is 2.30. The van der Waals surface area contributed by atoms with E-state index in [-0.39, 0.29) is 0 Å². The van der Waals surface area contributed by atoms with Crippen LogP contribution in [0.25, 0.3) is 0 Å². The van der Waals surface area contributed by atoms with Crippen molar-refractivity contribution in [1.82, 2.24) is 4.98 Å². The standard InChI is InChI=1S/C7H3ClF2N2O3S/c8-16(14,15)7-5(13)1-3(6(9)10)4(2-11)12-7/h1,6,13H. The molecule has 86 valence electrons. The maximum absolute atomic E-state index is 12.3. The lowest BCUT2D eigenvalue weighted by Crippen LogP contribution is -2.02. The topological polar surface area (TPSA) is 91.0 Å². The number of aromatic hydroxyl groups is 1. The summed E-state index contributed by atoms with van der Waals surface area (Å²) < 4.78 is 46.4. The first-order chi connectivity index (χ1) is 7.27. The van der Waals surface area contributed by atoms with Crippen molar-refractivity contribution in [3.8, 4) is 11.8 Å². The summed E-state index contributed by atoms with van der Waals surface area (Å²) in [7, 11) is 0.484. The Morgan fingerprint density at radius 3 is 2.50 bits per heavy atom. The second kappa shape index (κ2) is 4.19. The van der Waals surface area contributed by atoms with E-state index in [2.05, 4.69) is 4.98 Å². The molecule has 1 N–H and O–H groups in total. The summed E-state index contributed by atoms with van der Waals surface area (Å²) in [5.74, 6) is -1.02. The van der Waals surface area contributed by atoms with Crippen molar-refractivity contribution in [1.29, 1.82) is 5.26 Å². The maximum atomic E-state index is 12.3. The molecule has 0 bridgehead atoms. The third-order valence-electron chi connectivity index (χ3n) is 1.57. The fourth-order valence-electron chi connectivity index (χ4n) is 0.936. The zero-order valence-corrected chi connectivity index (χ0v) is 8.93. The zero-order chi connectivity index (χ0) is 12.5. The fourth-order valence-corrected chi connectivity index (χ4v) is 1.79. The number of rotatable bonds is 2. The van der Waals surface area contributed by atoms with Gasteiger partial charge in [0.05, 0.1) is 5.56 Å². The molecule has 0 saturated heterocycles. The van der Waals surface area contributed by atoms with Crippen LogP contribution in [0.1, 0.15) is 17.7 Å². The summed E-state index contributed by atoms with van der Waals surface area (Å²) in [4.78, 5) is 3.07. The van der Waals surface area contributed by atoms with E-state index in [1.165, 1.54) is 6.07 Å². The van der Waals surface area contributed by atoms with Crippen LogP contribution in [0.2, 0.25) is 0 Å². The molecule has 0 spiro atoms. The van der Waals surface area contributed by atoms with Crippen molar-refractivity contribution in [2.45, 2.75) is 11.5 Å². The molecule has 0 unspecified atom stereocenters. The molecule has 5 nitrogen and oxygen atoms in total. The van der Waals surface area contributed by atoms with Gasteiger partial charge >= 0.3 is 0 Å². The number of aromatic nitrogens is 1. The van der Waals surface area contributed by atoms with Crippen molar-refractivity contribution in [3.63, 3.8) is 0 Å². The van der Waals surface area contributed by atoms with E-state index >= 15 is 0 Å². The van der Waals surface area contributed by atoms with E-state index in [1.807, 2.05) is 0 Å². The van der Waals surface area contributed by atoms with E-state index in [4.69, 9.17) is 21.1 Å². The molecule has 1 aromatic heterocycles. The van der Waals surface area contributed by atoms with E-state index in [9.17, 15) is 17.2 Å². The molecule has 0 radical (unpaired) electrons. The summed E-state index contributed by atoms with van der Waals surface area (Å²) in [5.41, 5.74) is -1.66. The summed E-state index contributed by atoms with van der Waals surface area (Å²) in [5, 5.41) is 16.6. The van der Waals surface area contributed by atoms with Gasteiger partial charge in [0, 0.05) is 10.7 Å². The molecule has 0 fully saturated rings. The molecule has 1 aromatic rings. The molecule has 0 aliphatic heterocycles. The van der Waals surface area contributed by atoms with E-state index in [0.29, 0.717) is 6.07 Å². The van der Waals surface area contributed by atoms with Crippen LogP contribution in [0.5, 0.6) is 5.75 Å². The van der Waals surface area contributed by atoms with Gasteiger partial charge in [-0.15, -0.1) is 0 Å². The SMILES string of the molecule is N#Cc1nc(S(=O)(=O)Cl)c(O)cc1C(F)F. The maximum Gasteiger partial charge on any atom is 0.282 e. The number of alkyl halides is 2. The molecular weight excluding hydrogens is 266 g/mol. The highest BCUT2D eigenvalue weighted by Gasteiger charge is 2.24. The highest BCUT2D eigenvalue weighted by molar-refractivity contribution is 8.13. The number of nitrogens with zero attached hydrogens (tertiary/aromatic N) is 2. The molecule has 0 saturated carbocycles. The van der Waals surface area contributed by atoms with Gasteiger partial charge in [0.2, 0.25) is 5.03 Å². The summed E-state index contributed by atoms with van der Waals surface area (Å²) in [6, 6.07) is 1.74. The van der Waals surface area contributed by atoms with E-state index in [0.717, 1.165) is 0 Å². The number of hydrogen-bond donors (Lipinski definition) is 1. The molecule has 0 atom stereocenters. The average molecular weight is 269 g/mol. The monoisotopic (exact) mass is 268 g/mol. The van der Waals surface area contributed by atoms with Crippen LogP contribution in [0.4, 0.5) is 8.78 Å². The third-order valence-corrected chi connectivity index (χ3v) is 2.77. The van der Waals surface area contributed by atoms with Crippen LogP contribution in [0, 0.1) is 11.3 Å². The molecule has 1 heterocycles. The van der Waals surface area contributed by atoms with Crippen molar-refractivity contribution in [2.75, 3.05) is 0 Å². The van der Waals surface area contributed by atoms with Gasteiger partial charge in [0.15, 0.2) is 11.4 Å². The zero-order valence-electron chi connectivity index (χ0n) is 7.35. The molecule has 0 aliphatic carbocycles. The minimum atomic E-state index is -4.39. The Balaban J connectivity index is 3.58. The lowest BCUT2D eigenvalue weighted by atomic mass is 10.2. The Bertz CT molecular complexity index is 568. The first-order valence-corrected chi connectivity index (χ1v) is 5.95. The van der Waals surface area contributed by atoms with Crippen LogP contribution in [-0.2, 0) is 9.05 Å². The predicted octanol–water partition coefficient (Wildman–Crippen LogP) is 1.52. The fraction of sp³-hybridized carbons (Fsp3) is 0.143. The first kappa shape index (κ1) is 12.6. The second-order valence-electron chi connectivity index (χ2n) is 2.60. The van der Waals surface area contributed by atoms with Gasteiger partial charge in [-0.1, -0.05) is 0 Å². The van der Waals surface area contributed by atoms with Crippen molar-refractivity contribution >= 4 is 19.7 Å². The van der Waals surface area contributed by atoms with Gasteiger partial charge < -0.3 is 5.11 Å². The molecule has 0 aliphatic rings. The number of nitriles is 1. The Morgan fingerprint density at radius 2 is 2.12 bits per heavy atom. The van der Waals surface area contributed by atoms with Crippen molar-refractivity contribution in [2.24, 2.45) is 0 Å². The van der Waals surface area contributed by atoms with Gasteiger partial charge in [-0.2, -0.15) is 5.26 Å². The quantitative estimate of drug-likeness (QED) is 0.821. The van der Waals surface area contributed by atoms with Crippen molar-refractivity contribution in [3.05, 3.63) is 17.3 Å². The minimum absolute atomic E-state index is 0.450. The Hall–Kier alpha value is -1.46. The third kappa shape index (κ3) is 2.37. The number of halogens is 3. The number of pyridine rings is 1. The normalized spacial score (nSPS) is 11.4. The van der Waals surface area contributed by atoms with Gasteiger partial charge in [0.25, 0.3) is 15.5 Å². The van der Waals surface area contributed by atoms with Crippen LogP contribution in [0.3, 0.4) is 0 Å². The van der Waals surface area contributed by atoms with Gasteiger partial charge in [-0.3, -0.25) is 0 Å². The molecule has 16 heavy (non-hydrogen) atoms. The van der Waals surface area contributed by atoms with Gasteiger partial charge in [0.1, 0.15) is 6.07 Å². The van der Waals surface area contributed by atoms with Gasteiger partial charge in [-0.05, 0) is 6.07 Å². The van der Waals surface area contributed by atoms with Gasteiger partial charge in [-0.25, -0.2) is 22.2 Å². The highest BCUT2D eigenvalue weighted by atomic mass is 35.7. The first-order valence-electron chi connectivity index (χ1n) is 3.64. The van der Waals surface area contributed by atoms with Crippen LogP contribution in [-0.4, -0.2) is 18.5 Å². The average Bonchev–Trinajstić information content (AvgIpc) is 2.15. The van der Waals surface area contributed by atoms with Crippen molar-refractivity contribution < 1.29 is 22.3 Å².